The Bertz CT molecular complexity index is 747. The van der Waals surface area contributed by atoms with Crippen molar-refractivity contribution in [3.8, 4) is 5.75 Å². The molecule has 2 aromatic carbocycles. The van der Waals surface area contributed by atoms with Gasteiger partial charge in [0.25, 0.3) is 0 Å². The Labute approximate surface area is 156 Å². The van der Waals surface area contributed by atoms with Crippen LogP contribution in [0.1, 0.15) is 11.7 Å². The molecule has 0 amide bonds. The number of ether oxygens (including phenoxy) is 1. The van der Waals surface area contributed by atoms with Crippen molar-refractivity contribution < 1.29 is 4.74 Å². The van der Waals surface area contributed by atoms with E-state index in [4.69, 9.17) is 39.5 Å². The highest BCUT2D eigenvalue weighted by atomic mass is 35.5. The summed E-state index contributed by atoms with van der Waals surface area (Å²) in [6.45, 7) is 1.27. The first kappa shape index (κ1) is 17.2. The van der Waals surface area contributed by atoms with Gasteiger partial charge in [-0.1, -0.05) is 40.9 Å². The summed E-state index contributed by atoms with van der Waals surface area (Å²) in [7, 11) is 0. The molecule has 2 aromatic rings. The lowest BCUT2D eigenvalue weighted by atomic mass is 10.1. The summed E-state index contributed by atoms with van der Waals surface area (Å²) in [5, 5.41) is 1.82. The van der Waals surface area contributed by atoms with Gasteiger partial charge in [0.2, 0.25) is 0 Å². The van der Waals surface area contributed by atoms with E-state index >= 15 is 0 Å². The van der Waals surface area contributed by atoms with E-state index in [2.05, 4.69) is 4.99 Å². The van der Waals surface area contributed by atoms with Gasteiger partial charge < -0.3 is 9.64 Å². The molecule has 0 saturated carbocycles. The SMILES string of the molecule is Clc1ccc(OC(CN2C=CCN=C2)c2ccc(Cl)cc2Cl)cc1. The van der Waals surface area contributed by atoms with E-state index in [0.29, 0.717) is 33.9 Å². The van der Waals surface area contributed by atoms with Gasteiger partial charge in [-0.25, -0.2) is 0 Å². The van der Waals surface area contributed by atoms with Crippen molar-refractivity contribution in [3.63, 3.8) is 0 Å². The standard InChI is InChI=1S/C18H15Cl3N2O/c19-13-2-5-15(6-3-13)24-18(11-23-9-1-8-22-12-23)16-7-4-14(20)10-17(16)21/h1-7,9-10,12,18H,8,11H2. The van der Waals surface area contributed by atoms with Gasteiger partial charge in [-0.05, 0) is 42.5 Å². The lowest BCUT2D eigenvalue weighted by Gasteiger charge is -2.26. The molecule has 0 aromatic heterocycles. The minimum absolute atomic E-state index is 0.287. The van der Waals surface area contributed by atoms with Crippen LogP contribution in [0, 0.1) is 0 Å². The Kier molecular flexibility index (Phi) is 5.67. The fourth-order valence-electron chi connectivity index (χ4n) is 2.37. The van der Waals surface area contributed by atoms with Gasteiger partial charge in [0.15, 0.2) is 0 Å². The first-order chi connectivity index (χ1) is 11.6. The van der Waals surface area contributed by atoms with Crippen LogP contribution in [0.5, 0.6) is 5.75 Å². The molecule has 1 unspecified atom stereocenters. The molecule has 1 atom stereocenters. The monoisotopic (exact) mass is 380 g/mol. The molecule has 0 bridgehead atoms. The highest BCUT2D eigenvalue weighted by molar-refractivity contribution is 6.35. The maximum Gasteiger partial charge on any atom is 0.143 e. The van der Waals surface area contributed by atoms with E-state index in [1.165, 1.54) is 0 Å². The average molecular weight is 382 g/mol. The summed E-state index contributed by atoms with van der Waals surface area (Å²) in [6.07, 6.45) is 5.48. The number of nitrogens with zero attached hydrogens (tertiary/aromatic N) is 2. The van der Waals surface area contributed by atoms with E-state index in [1.54, 1.807) is 30.6 Å². The van der Waals surface area contributed by atoms with E-state index in [1.807, 2.05) is 35.4 Å². The zero-order valence-corrected chi connectivity index (χ0v) is 15.0. The molecular weight excluding hydrogens is 367 g/mol. The van der Waals surface area contributed by atoms with Crippen LogP contribution in [0.15, 0.2) is 59.7 Å². The Hall–Kier alpha value is -1.68. The molecule has 1 heterocycles. The predicted octanol–water partition coefficient (Wildman–Crippen LogP) is 5.62. The average Bonchev–Trinajstić information content (AvgIpc) is 2.57. The van der Waals surface area contributed by atoms with Crippen molar-refractivity contribution in [2.75, 3.05) is 13.1 Å². The van der Waals surface area contributed by atoms with E-state index in [-0.39, 0.29) is 6.10 Å². The molecule has 1 aliphatic heterocycles. The van der Waals surface area contributed by atoms with E-state index in [9.17, 15) is 0 Å². The lowest BCUT2D eigenvalue weighted by Crippen LogP contribution is -2.27. The van der Waals surface area contributed by atoms with Crippen LogP contribution in [-0.4, -0.2) is 24.3 Å². The van der Waals surface area contributed by atoms with E-state index < -0.39 is 0 Å². The lowest BCUT2D eigenvalue weighted by molar-refractivity contribution is 0.184. The van der Waals surface area contributed by atoms with Gasteiger partial charge >= 0.3 is 0 Å². The maximum absolute atomic E-state index is 6.38. The number of aliphatic imine (C=N–C) groups is 1. The van der Waals surface area contributed by atoms with E-state index in [0.717, 1.165) is 5.56 Å². The third-order valence-electron chi connectivity index (χ3n) is 3.52. The summed E-state index contributed by atoms with van der Waals surface area (Å²) in [5.74, 6) is 0.716. The van der Waals surface area contributed by atoms with Crippen molar-refractivity contribution in [3.05, 3.63) is 75.4 Å². The molecule has 6 heteroatoms. The smallest absolute Gasteiger partial charge is 0.143 e. The summed E-state index contributed by atoms with van der Waals surface area (Å²) in [4.78, 5) is 6.21. The number of hydrogen-bond acceptors (Lipinski definition) is 3. The number of benzene rings is 2. The first-order valence-electron chi connectivity index (χ1n) is 7.41. The Balaban J connectivity index is 1.87. The maximum atomic E-state index is 6.38. The van der Waals surface area contributed by atoms with Crippen molar-refractivity contribution in [1.82, 2.24) is 4.90 Å². The third kappa shape index (κ3) is 4.44. The third-order valence-corrected chi connectivity index (χ3v) is 4.33. The van der Waals surface area contributed by atoms with Gasteiger partial charge in [-0.15, -0.1) is 0 Å². The molecule has 3 rings (SSSR count). The number of halogens is 3. The number of hydrogen-bond donors (Lipinski definition) is 0. The van der Waals surface area contributed by atoms with Crippen LogP contribution >= 0.6 is 34.8 Å². The van der Waals surface area contributed by atoms with Crippen molar-refractivity contribution in [2.24, 2.45) is 4.99 Å². The highest BCUT2D eigenvalue weighted by Crippen LogP contribution is 2.31. The van der Waals surface area contributed by atoms with Crippen LogP contribution in [0.25, 0.3) is 0 Å². The molecule has 124 valence electrons. The van der Waals surface area contributed by atoms with Crippen LogP contribution in [0.2, 0.25) is 15.1 Å². The van der Waals surface area contributed by atoms with Gasteiger partial charge in [-0.2, -0.15) is 0 Å². The molecule has 0 fully saturated rings. The summed E-state index contributed by atoms with van der Waals surface area (Å²) < 4.78 is 6.16. The molecule has 0 saturated heterocycles. The van der Waals surface area contributed by atoms with Gasteiger partial charge in [0.05, 0.1) is 19.4 Å². The Morgan fingerprint density at radius 3 is 2.46 bits per heavy atom. The molecule has 3 nitrogen and oxygen atoms in total. The van der Waals surface area contributed by atoms with Crippen molar-refractivity contribution in [1.29, 1.82) is 0 Å². The second kappa shape index (κ2) is 7.93. The van der Waals surface area contributed by atoms with Crippen molar-refractivity contribution >= 4 is 41.1 Å². The van der Waals surface area contributed by atoms with Crippen LogP contribution in [-0.2, 0) is 0 Å². The fourth-order valence-corrected chi connectivity index (χ4v) is 3.03. The summed E-state index contributed by atoms with van der Waals surface area (Å²) in [6, 6.07) is 12.7. The molecule has 0 radical (unpaired) electrons. The molecule has 24 heavy (non-hydrogen) atoms. The molecule has 0 aliphatic carbocycles. The second-order valence-corrected chi connectivity index (χ2v) is 6.57. The van der Waals surface area contributed by atoms with Crippen LogP contribution < -0.4 is 4.74 Å². The fraction of sp³-hybridized carbons (Fsp3) is 0.167. The summed E-state index contributed by atoms with van der Waals surface area (Å²) >= 11 is 18.3. The van der Waals surface area contributed by atoms with Gasteiger partial charge in [0, 0.05) is 26.8 Å². The largest absolute Gasteiger partial charge is 0.484 e. The molecular formula is C18H15Cl3N2O. The molecule has 0 spiro atoms. The highest BCUT2D eigenvalue weighted by Gasteiger charge is 2.20. The first-order valence-corrected chi connectivity index (χ1v) is 8.55. The quantitative estimate of drug-likeness (QED) is 0.671. The van der Waals surface area contributed by atoms with Gasteiger partial charge in [-0.3, -0.25) is 4.99 Å². The molecule has 1 aliphatic rings. The van der Waals surface area contributed by atoms with Crippen LogP contribution in [0.3, 0.4) is 0 Å². The topological polar surface area (TPSA) is 24.8 Å². The number of rotatable bonds is 5. The zero-order chi connectivity index (χ0) is 16.9. The minimum atomic E-state index is -0.287. The predicted molar refractivity (Wildman–Crippen MR) is 100 cm³/mol. The zero-order valence-electron chi connectivity index (χ0n) is 12.7. The second-order valence-electron chi connectivity index (χ2n) is 5.29. The van der Waals surface area contributed by atoms with Crippen molar-refractivity contribution in [2.45, 2.75) is 6.10 Å². The Morgan fingerprint density at radius 2 is 1.79 bits per heavy atom. The van der Waals surface area contributed by atoms with Gasteiger partial charge in [0.1, 0.15) is 11.9 Å². The Morgan fingerprint density at radius 1 is 1.04 bits per heavy atom. The minimum Gasteiger partial charge on any atom is -0.484 e. The van der Waals surface area contributed by atoms with Crippen LogP contribution in [0.4, 0.5) is 0 Å². The molecule has 0 N–H and O–H groups in total. The normalized spacial score (nSPS) is 14.7. The summed E-state index contributed by atoms with van der Waals surface area (Å²) in [5.41, 5.74) is 0.864.